The molecule has 0 saturated heterocycles. The Balaban J connectivity index is 2.55. The van der Waals surface area contributed by atoms with Gasteiger partial charge in [-0.15, -0.1) is 0 Å². The fourth-order valence-corrected chi connectivity index (χ4v) is 2.60. The van der Waals surface area contributed by atoms with Crippen LogP contribution in [-0.4, -0.2) is 26.4 Å². The lowest BCUT2D eigenvalue weighted by molar-refractivity contribution is -0.142. The topological polar surface area (TPSA) is 98.8 Å². The van der Waals surface area contributed by atoms with Gasteiger partial charge in [0.15, 0.2) is 0 Å². The smallest absolute Gasteiger partial charge is 0.308 e. The number of rotatable bonds is 4. The molecular formula is C14H13F2NO6S. The lowest BCUT2D eigenvalue weighted by Gasteiger charge is -2.24. The van der Waals surface area contributed by atoms with E-state index in [2.05, 4.69) is 0 Å². The number of Topliss-reactive ketones (excluding diaryl/α,β-unsaturated/α-hetero) is 1. The van der Waals surface area contributed by atoms with E-state index in [0.717, 1.165) is 38.3 Å². The number of ketones is 1. The first-order valence-electron chi connectivity index (χ1n) is 6.54. The molecule has 0 aliphatic carbocycles. The highest BCUT2D eigenvalue weighted by molar-refractivity contribution is 7.88. The standard InChI is InChI=1S/C14H13F2NO6S/c1-7(18)22-11-12(19)14(2,23-13(11)17-24(3,20)21)9-6-8(15)4-5-10(9)16/h4-6,17H,1-3H3. The monoisotopic (exact) mass is 361 g/mol. The minimum absolute atomic E-state index is 0.470. The van der Waals surface area contributed by atoms with Crippen molar-refractivity contribution in [1.82, 2.24) is 4.72 Å². The van der Waals surface area contributed by atoms with E-state index in [1.807, 2.05) is 4.72 Å². The molecule has 130 valence electrons. The van der Waals surface area contributed by atoms with Gasteiger partial charge in [-0.25, -0.2) is 17.2 Å². The number of esters is 1. The zero-order valence-corrected chi connectivity index (χ0v) is 13.7. The number of nitrogens with one attached hydrogen (secondary N) is 1. The molecule has 0 radical (unpaired) electrons. The molecule has 10 heteroatoms. The highest BCUT2D eigenvalue weighted by Gasteiger charge is 2.51. The Kier molecular flexibility index (Phi) is 4.36. The number of carbonyl (C=O) groups is 2. The van der Waals surface area contributed by atoms with Crippen LogP contribution < -0.4 is 4.72 Å². The van der Waals surface area contributed by atoms with E-state index in [9.17, 15) is 26.8 Å². The summed E-state index contributed by atoms with van der Waals surface area (Å²) < 4.78 is 62.0. The van der Waals surface area contributed by atoms with Crippen molar-refractivity contribution in [2.75, 3.05) is 6.26 Å². The molecule has 1 aromatic carbocycles. The van der Waals surface area contributed by atoms with Crippen molar-refractivity contribution in [2.24, 2.45) is 0 Å². The number of halogens is 2. The van der Waals surface area contributed by atoms with Crippen molar-refractivity contribution in [1.29, 1.82) is 0 Å². The molecule has 0 fully saturated rings. The average Bonchev–Trinajstić information content (AvgIpc) is 2.64. The van der Waals surface area contributed by atoms with E-state index < -0.39 is 56.2 Å². The number of sulfonamides is 1. The van der Waals surface area contributed by atoms with Gasteiger partial charge in [-0.3, -0.25) is 14.3 Å². The quantitative estimate of drug-likeness (QED) is 0.805. The van der Waals surface area contributed by atoms with Crippen LogP contribution in [0.25, 0.3) is 0 Å². The van der Waals surface area contributed by atoms with E-state index >= 15 is 0 Å². The summed E-state index contributed by atoms with van der Waals surface area (Å²) in [4.78, 5) is 23.7. The summed E-state index contributed by atoms with van der Waals surface area (Å²) in [5, 5.41) is 0. The Bertz CT molecular complexity index is 864. The summed E-state index contributed by atoms with van der Waals surface area (Å²) in [7, 11) is -3.89. The van der Waals surface area contributed by atoms with Gasteiger partial charge in [-0.05, 0) is 25.1 Å². The van der Waals surface area contributed by atoms with Crippen molar-refractivity contribution in [2.45, 2.75) is 19.4 Å². The van der Waals surface area contributed by atoms with E-state index in [4.69, 9.17) is 9.47 Å². The Morgan fingerprint density at radius 1 is 1.33 bits per heavy atom. The van der Waals surface area contributed by atoms with E-state index in [-0.39, 0.29) is 0 Å². The van der Waals surface area contributed by atoms with Gasteiger partial charge in [-0.1, -0.05) is 0 Å². The zero-order chi connectivity index (χ0) is 18.3. The third-order valence-electron chi connectivity index (χ3n) is 3.12. The van der Waals surface area contributed by atoms with Gasteiger partial charge in [0.2, 0.25) is 27.3 Å². The first-order valence-corrected chi connectivity index (χ1v) is 8.43. The fourth-order valence-electron chi connectivity index (χ4n) is 2.13. The molecule has 24 heavy (non-hydrogen) atoms. The van der Waals surface area contributed by atoms with Crippen LogP contribution in [0.1, 0.15) is 19.4 Å². The lowest BCUT2D eigenvalue weighted by Crippen LogP contribution is -2.33. The third-order valence-corrected chi connectivity index (χ3v) is 3.67. The Labute approximate surface area is 136 Å². The molecule has 1 atom stereocenters. The summed E-state index contributed by atoms with van der Waals surface area (Å²) in [5.74, 6) is -5.15. The summed E-state index contributed by atoms with van der Waals surface area (Å²) >= 11 is 0. The number of carbonyl (C=O) groups excluding carboxylic acids is 2. The Hall–Kier alpha value is -2.49. The number of benzene rings is 1. The molecule has 1 aliphatic heterocycles. The molecule has 1 aliphatic rings. The van der Waals surface area contributed by atoms with Crippen LogP contribution in [0.15, 0.2) is 29.8 Å². The number of hydrogen-bond acceptors (Lipinski definition) is 6. The first-order chi connectivity index (χ1) is 10.9. The highest BCUT2D eigenvalue weighted by Crippen LogP contribution is 2.39. The summed E-state index contributed by atoms with van der Waals surface area (Å²) in [6.45, 7) is 2.09. The minimum Gasteiger partial charge on any atom is -0.456 e. The fraction of sp³-hybridized carbons (Fsp3) is 0.286. The first kappa shape index (κ1) is 17.9. The normalized spacial score (nSPS) is 20.8. The summed E-state index contributed by atoms with van der Waals surface area (Å²) in [6.07, 6.45) is 0.775. The second-order valence-electron chi connectivity index (χ2n) is 5.21. The van der Waals surface area contributed by atoms with Crippen LogP contribution in [0, 0.1) is 11.6 Å². The van der Waals surface area contributed by atoms with E-state index in [0.29, 0.717) is 0 Å². The predicted molar refractivity (Wildman–Crippen MR) is 76.6 cm³/mol. The van der Waals surface area contributed by atoms with Gasteiger partial charge in [0.05, 0.1) is 6.26 Å². The molecule has 1 aromatic rings. The molecule has 0 spiro atoms. The molecule has 1 unspecified atom stereocenters. The van der Waals surface area contributed by atoms with Gasteiger partial charge in [0, 0.05) is 12.5 Å². The average molecular weight is 361 g/mol. The van der Waals surface area contributed by atoms with Crippen molar-refractivity contribution in [3.8, 4) is 0 Å². The Morgan fingerprint density at radius 3 is 2.50 bits per heavy atom. The molecular weight excluding hydrogens is 348 g/mol. The van der Waals surface area contributed by atoms with Crippen molar-refractivity contribution in [3.05, 3.63) is 47.0 Å². The van der Waals surface area contributed by atoms with Crippen molar-refractivity contribution < 1.29 is 36.3 Å². The molecule has 2 rings (SSSR count). The van der Waals surface area contributed by atoms with E-state index in [1.165, 1.54) is 0 Å². The molecule has 0 bridgehead atoms. The summed E-state index contributed by atoms with van der Waals surface area (Å²) in [5.41, 5.74) is -2.58. The minimum atomic E-state index is -3.89. The van der Waals surface area contributed by atoms with Gasteiger partial charge in [0.25, 0.3) is 5.78 Å². The lowest BCUT2D eigenvalue weighted by atomic mass is 9.91. The maximum atomic E-state index is 14.0. The summed E-state index contributed by atoms with van der Waals surface area (Å²) in [6, 6.07) is 2.37. The molecule has 0 saturated carbocycles. The van der Waals surface area contributed by atoms with Crippen LogP contribution in [0.4, 0.5) is 8.78 Å². The van der Waals surface area contributed by atoms with Gasteiger partial charge in [-0.2, -0.15) is 0 Å². The SMILES string of the molecule is CC(=O)OC1=C(NS(C)(=O)=O)OC(C)(c2cc(F)ccc2F)C1=O. The van der Waals surface area contributed by atoms with Gasteiger partial charge < -0.3 is 9.47 Å². The van der Waals surface area contributed by atoms with Gasteiger partial charge >= 0.3 is 5.97 Å². The molecule has 0 amide bonds. The third kappa shape index (κ3) is 3.37. The van der Waals surface area contributed by atoms with Gasteiger partial charge in [0.1, 0.15) is 11.6 Å². The zero-order valence-electron chi connectivity index (χ0n) is 12.8. The van der Waals surface area contributed by atoms with Crippen LogP contribution in [0.3, 0.4) is 0 Å². The second-order valence-corrected chi connectivity index (χ2v) is 6.96. The highest BCUT2D eigenvalue weighted by atomic mass is 32.2. The molecule has 0 aromatic heterocycles. The van der Waals surface area contributed by atoms with E-state index in [1.54, 1.807) is 0 Å². The van der Waals surface area contributed by atoms with Crippen molar-refractivity contribution in [3.63, 3.8) is 0 Å². The molecule has 1 heterocycles. The van der Waals surface area contributed by atoms with Crippen molar-refractivity contribution >= 4 is 21.8 Å². The maximum absolute atomic E-state index is 14.0. The van der Waals surface area contributed by atoms with Crippen LogP contribution >= 0.6 is 0 Å². The number of hydrogen-bond donors (Lipinski definition) is 1. The van der Waals surface area contributed by atoms with Crippen LogP contribution in [-0.2, 0) is 34.7 Å². The second kappa shape index (κ2) is 5.86. The predicted octanol–water partition coefficient (Wildman–Crippen LogP) is 1.06. The number of ether oxygens (including phenoxy) is 2. The van der Waals surface area contributed by atoms with Crippen LogP contribution in [0.5, 0.6) is 0 Å². The molecule has 1 N–H and O–H groups in total. The Morgan fingerprint density at radius 2 is 1.96 bits per heavy atom. The largest absolute Gasteiger partial charge is 0.456 e. The van der Waals surface area contributed by atoms with Crippen LogP contribution in [0.2, 0.25) is 0 Å². The molecule has 7 nitrogen and oxygen atoms in total. The maximum Gasteiger partial charge on any atom is 0.308 e.